The Morgan fingerprint density at radius 3 is 1.71 bits per heavy atom. The molecule has 0 atom stereocenters. The number of hydrogen-bond acceptors (Lipinski definition) is 2. The van der Waals surface area contributed by atoms with E-state index in [1.54, 1.807) is 0 Å². The van der Waals surface area contributed by atoms with Crippen LogP contribution in [0.2, 0.25) is 0 Å². The number of para-hydroxylation sites is 3. The maximum absolute atomic E-state index is 6.33. The molecule has 0 amide bonds. The van der Waals surface area contributed by atoms with Crippen molar-refractivity contribution in [2.24, 2.45) is 0 Å². The normalized spacial score (nSPS) is 11.3. The monoisotopic (exact) mass is 613 g/mol. The fourth-order valence-corrected chi connectivity index (χ4v) is 6.92. The molecule has 0 aliphatic carbocycles. The van der Waals surface area contributed by atoms with Crippen molar-refractivity contribution >= 4 is 49.8 Å². The number of nitrogens with zero attached hydrogens (tertiary/aromatic N) is 1. The van der Waals surface area contributed by atoms with Crippen molar-refractivity contribution in [1.82, 2.24) is 0 Å². The zero-order chi connectivity index (χ0) is 31.9. The van der Waals surface area contributed by atoms with Gasteiger partial charge in [0.15, 0.2) is 0 Å². The number of fused-ring (bicyclic) bond motifs is 4. The van der Waals surface area contributed by atoms with Gasteiger partial charge in [0.1, 0.15) is 11.2 Å². The van der Waals surface area contributed by atoms with E-state index in [1.807, 2.05) is 12.1 Å². The predicted molar refractivity (Wildman–Crippen MR) is 202 cm³/mol. The summed E-state index contributed by atoms with van der Waals surface area (Å²) in [6, 6.07) is 67.0. The van der Waals surface area contributed by atoms with Gasteiger partial charge in [-0.1, -0.05) is 140 Å². The molecule has 0 aliphatic rings. The van der Waals surface area contributed by atoms with E-state index in [1.165, 1.54) is 33.0 Å². The van der Waals surface area contributed by atoms with Gasteiger partial charge in [0.05, 0.1) is 11.4 Å². The lowest BCUT2D eigenvalue weighted by Gasteiger charge is -2.30. The summed E-state index contributed by atoms with van der Waals surface area (Å²) in [5, 5.41) is 4.76. The topological polar surface area (TPSA) is 16.4 Å². The zero-order valence-corrected chi connectivity index (χ0v) is 26.3. The lowest BCUT2D eigenvalue weighted by molar-refractivity contribution is 0.669. The Bertz CT molecular complexity index is 2560. The van der Waals surface area contributed by atoms with E-state index in [9.17, 15) is 0 Å². The Hall–Kier alpha value is -6.38. The van der Waals surface area contributed by atoms with Gasteiger partial charge in [-0.05, 0) is 81.6 Å². The number of anilines is 3. The molecule has 0 bridgehead atoms. The zero-order valence-electron chi connectivity index (χ0n) is 26.3. The lowest BCUT2D eigenvalue weighted by Crippen LogP contribution is -2.12. The molecule has 0 spiro atoms. The van der Waals surface area contributed by atoms with Crippen molar-refractivity contribution in [2.45, 2.75) is 0 Å². The molecule has 226 valence electrons. The lowest BCUT2D eigenvalue weighted by atomic mass is 9.97. The summed E-state index contributed by atoms with van der Waals surface area (Å²) in [5.74, 6) is 0. The van der Waals surface area contributed by atoms with Gasteiger partial charge in [-0.15, -0.1) is 0 Å². The molecule has 0 saturated carbocycles. The van der Waals surface area contributed by atoms with Gasteiger partial charge in [-0.25, -0.2) is 0 Å². The summed E-state index contributed by atoms with van der Waals surface area (Å²) >= 11 is 0. The predicted octanol–water partition coefficient (Wildman–Crippen LogP) is 13.2. The fraction of sp³-hybridized carbons (Fsp3) is 0. The first kappa shape index (κ1) is 27.9. The molecular weight excluding hydrogens is 583 g/mol. The summed E-state index contributed by atoms with van der Waals surface area (Å²) in [5.41, 5.74) is 12.0. The Labute approximate surface area is 279 Å². The molecule has 0 radical (unpaired) electrons. The molecule has 0 fully saturated rings. The largest absolute Gasteiger partial charge is 0.456 e. The fourth-order valence-electron chi connectivity index (χ4n) is 6.92. The number of furan rings is 1. The van der Waals surface area contributed by atoms with Crippen molar-refractivity contribution in [3.05, 3.63) is 188 Å². The minimum atomic E-state index is 0.888. The smallest absolute Gasteiger partial charge is 0.136 e. The number of benzene rings is 8. The highest BCUT2D eigenvalue weighted by Crippen LogP contribution is 2.45. The quantitative estimate of drug-likeness (QED) is 0.185. The van der Waals surface area contributed by atoms with Crippen LogP contribution in [0.4, 0.5) is 17.1 Å². The van der Waals surface area contributed by atoms with Crippen LogP contribution in [0.1, 0.15) is 0 Å². The van der Waals surface area contributed by atoms with Gasteiger partial charge < -0.3 is 9.32 Å². The van der Waals surface area contributed by atoms with Crippen LogP contribution >= 0.6 is 0 Å². The van der Waals surface area contributed by atoms with Crippen LogP contribution in [0.5, 0.6) is 0 Å². The highest BCUT2D eigenvalue weighted by molar-refractivity contribution is 6.06. The molecule has 2 nitrogen and oxygen atoms in total. The average Bonchev–Trinajstić information content (AvgIpc) is 3.54. The van der Waals surface area contributed by atoms with Gasteiger partial charge in [-0.2, -0.15) is 0 Å². The number of hydrogen-bond donors (Lipinski definition) is 0. The second kappa shape index (κ2) is 11.8. The SMILES string of the molecule is c1ccc(-c2ccccc2N(c2ccc(-c3ccc4ccccc4c3)cc2)c2ccccc2-c2ccc3c(c2)oc2ccccc23)cc1. The van der Waals surface area contributed by atoms with Gasteiger partial charge in [0.25, 0.3) is 0 Å². The Morgan fingerprint density at radius 2 is 0.917 bits per heavy atom. The highest BCUT2D eigenvalue weighted by Gasteiger charge is 2.21. The minimum Gasteiger partial charge on any atom is -0.456 e. The van der Waals surface area contributed by atoms with E-state index < -0.39 is 0 Å². The van der Waals surface area contributed by atoms with Crippen LogP contribution in [0, 0.1) is 0 Å². The Kier molecular flexibility index (Phi) is 6.84. The first-order chi connectivity index (χ1) is 23.8. The number of rotatable bonds is 6. The second-order valence-corrected chi connectivity index (χ2v) is 12.2. The molecule has 8 aromatic carbocycles. The van der Waals surface area contributed by atoms with Crippen LogP contribution in [-0.2, 0) is 0 Å². The summed E-state index contributed by atoms with van der Waals surface area (Å²) in [6.45, 7) is 0. The van der Waals surface area contributed by atoms with Crippen LogP contribution in [0.15, 0.2) is 192 Å². The molecular formula is C46H31NO. The summed E-state index contributed by atoms with van der Waals surface area (Å²) < 4.78 is 6.33. The van der Waals surface area contributed by atoms with E-state index in [0.717, 1.165) is 50.1 Å². The third-order valence-corrected chi connectivity index (χ3v) is 9.27. The van der Waals surface area contributed by atoms with Gasteiger partial charge in [0, 0.05) is 27.6 Å². The molecule has 1 heterocycles. The summed E-state index contributed by atoms with van der Waals surface area (Å²) in [7, 11) is 0. The molecule has 0 N–H and O–H groups in total. The maximum atomic E-state index is 6.33. The third-order valence-electron chi connectivity index (χ3n) is 9.27. The Balaban J connectivity index is 1.22. The standard InChI is InChI=1S/C46H31NO/c1-2-13-34(14-3-1)39-16-6-9-19-43(39)47(38-27-24-33(25-28-38)36-23-22-32-12-4-5-15-35(32)30-36)44-20-10-7-17-40(44)37-26-29-42-41-18-8-11-21-45(41)48-46(42)31-37/h1-31H. The summed E-state index contributed by atoms with van der Waals surface area (Å²) in [4.78, 5) is 2.39. The van der Waals surface area contributed by atoms with Crippen molar-refractivity contribution < 1.29 is 4.42 Å². The van der Waals surface area contributed by atoms with Crippen LogP contribution in [0.25, 0.3) is 66.1 Å². The van der Waals surface area contributed by atoms with Gasteiger partial charge in [0.2, 0.25) is 0 Å². The first-order valence-electron chi connectivity index (χ1n) is 16.3. The van der Waals surface area contributed by atoms with Crippen molar-refractivity contribution in [2.75, 3.05) is 4.90 Å². The van der Waals surface area contributed by atoms with E-state index in [0.29, 0.717) is 0 Å². The second-order valence-electron chi connectivity index (χ2n) is 12.2. The minimum absolute atomic E-state index is 0.888. The molecule has 9 rings (SSSR count). The van der Waals surface area contributed by atoms with Crippen molar-refractivity contribution in [3.63, 3.8) is 0 Å². The van der Waals surface area contributed by atoms with E-state index >= 15 is 0 Å². The van der Waals surface area contributed by atoms with Gasteiger partial charge in [-0.3, -0.25) is 0 Å². The van der Waals surface area contributed by atoms with Crippen molar-refractivity contribution in [1.29, 1.82) is 0 Å². The van der Waals surface area contributed by atoms with Gasteiger partial charge >= 0.3 is 0 Å². The Morgan fingerprint density at radius 1 is 0.333 bits per heavy atom. The molecule has 0 unspecified atom stereocenters. The van der Waals surface area contributed by atoms with Crippen LogP contribution in [-0.4, -0.2) is 0 Å². The molecule has 2 heteroatoms. The molecule has 1 aromatic heterocycles. The molecule has 0 saturated heterocycles. The summed E-state index contributed by atoms with van der Waals surface area (Å²) in [6.07, 6.45) is 0. The highest BCUT2D eigenvalue weighted by atomic mass is 16.3. The van der Waals surface area contributed by atoms with Crippen LogP contribution in [0.3, 0.4) is 0 Å². The molecule has 9 aromatic rings. The third kappa shape index (κ3) is 4.92. The average molecular weight is 614 g/mol. The maximum Gasteiger partial charge on any atom is 0.136 e. The van der Waals surface area contributed by atoms with Crippen LogP contribution < -0.4 is 4.90 Å². The van der Waals surface area contributed by atoms with E-state index in [2.05, 4.69) is 181 Å². The van der Waals surface area contributed by atoms with E-state index in [4.69, 9.17) is 4.42 Å². The van der Waals surface area contributed by atoms with E-state index in [-0.39, 0.29) is 0 Å². The first-order valence-corrected chi connectivity index (χ1v) is 16.3. The van der Waals surface area contributed by atoms with Crippen molar-refractivity contribution in [3.8, 4) is 33.4 Å². The molecule has 0 aliphatic heterocycles. The molecule has 48 heavy (non-hydrogen) atoms.